The second-order valence-corrected chi connectivity index (χ2v) is 6.69. The van der Waals surface area contributed by atoms with Crippen molar-refractivity contribution in [3.8, 4) is 0 Å². The fraction of sp³-hybridized carbons (Fsp3) is 0.857. The van der Waals surface area contributed by atoms with Gasteiger partial charge in [0.1, 0.15) is 5.66 Å². The van der Waals surface area contributed by atoms with E-state index < -0.39 is 25.0 Å². The minimum atomic E-state index is -3.65. The highest BCUT2D eigenvalue weighted by atomic mass is 31.2. The Bertz CT molecular complexity index is 358. The molecule has 0 saturated carbocycles. The molecule has 0 aromatic rings. The lowest BCUT2D eigenvalue weighted by Crippen LogP contribution is -2.31. The predicted molar refractivity (Wildman–Crippen MR) is 80.4 cm³/mol. The van der Waals surface area contributed by atoms with Gasteiger partial charge in [0.25, 0.3) is 5.78 Å². The minimum absolute atomic E-state index is 0.0970. The van der Waals surface area contributed by atoms with Gasteiger partial charge in [0.05, 0.1) is 19.8 Å². The van der Waals surface area contributed by atoms with Crippen molar-refractivity contribution in [2.24, 2.45) is 0 Å². The van der Waals surface area contributed by atoms with Crippen molar-refractivity contribution in [3.05, 3.63) is 0 Å². The highest BCUT2D eigenvalue weighted by Gasteiger charge is 2.43. The average Bonchev–Trinajstić information content (AvgIpc) is 2.43. The molecular formula is C14H27O6P. The number of hydrogen-bond acceptors (Lipinski definition) is 6. The van der Waals surface area contributed by atoms with Gasteiger partial charge in [-0.3, -0.25) is 9.36 Å². The van der Waals surface area contributed by atoms with Crippen molar-refractivity contribution in [1.82, 2.24) is 0 Å². The zero-order valence-electron chi connectivity index (χ0n) is 13.4. The fourth-order valence-corrected chi connectivity index (χ4v) is 3.98. The number of carbonyl (C=O) groups excluding carboxylic acids is 2. The second kappa shape index (κ2) is 10.9. The lowest BCUT2D eigenvalue weighted by molar-refractivity contribution is -0.153. The molecule has 1 atom stereocenters. The summed E-state index contributed by atoms with van der Waals surface area (Å²) in [5.41, 5.74) is -1.08. The molecule has 0 spiro atoms. The second-order valence-electron chi connectivity index (χ2n) is 4.47. The van der Waals surface area contributed by atoms with E-state index in [0.29, 0.717) is 12.8 Å². The van der Waals surface area contributed by atoms with Crippen molar-refractivity contribution in [2.75, 3.05) is 19.8 Å². The highest BCUT2D eigenvalue weighted by molar-refractivity contribution is 7.56. The van der Waals surface area contributed by atoms with Gasteiger partial charge in [0.15, 0.2) is 0 Å². The molecule has 0 rings (SSSR count). The Morgan fingerprint density at radius 1 is 0.952 bits per heavy atom. The monoisotopic (exact) mass is 322 g/mol. The van der Waals surface area contributed by atoms with Gasteiger partial charge in [-0.05, 0) is 27.2 Å². The first-order valence-electron chi connectivity index (χ1n) is 7.56. The van der Waals surface area contributed by atoms with Crippen molar-refractivity contribution in [1.29, 1.82) is 0 Å². The summed E-state index contributed by atoms with van der Waals surface area (Å²) in [6, 6.07) is 0. The Morgan fingerprint density at radius 3 is 1.95 bits per heavy atom. The van der Waals surface area contributed by atoms with Gasteiger partial charge >= 0.3 is 13.6 Å². The predicted octanol–water partition coefficient (Wildman–Crippen LogP) is 3.33. The first-order chi connectivity index (χ1) is 9.96. The third-order valence-electron chi connectivity index (χ3n) is 2.86. The molecule has 0 aliphatic carbocycles. The first-order valence-corrected chi connectivity index (χ1v) is 9.17. The number of rotatable bonds is 12. The maximum atomic E-state index is 12.8. The van der Waals surface area contributed by atoms with E-state index >= 15 is 0 Å². The van der Waals surface area contributed by atoms with Crippen LogP contribution >= 0.6 is 7.60 Å². The van der Waals surface area contributed by atoms with Crippen LogP contribution in [0.3, 0.4) is 0 Å². The Hall–Kier alpha value is -0.710. The molecule has 0 bridgehead atoms. The van der Waals surface area contributed by atoms with Crippen LogP contribution in [0.1, 0.15) is 53.4 Å². The molecular weight excluding hydrogens is 295 g/mol. The average molecular weight is 322 g/mol. The van der Waals surface area contributed by atoms with Crippen LogP contribution < -0.4 is 0 Å². The van der Waals surface area contributed by atoms with Gasteiger partial charge in [-0.25, -0.2) is 4.79 Å². The Morgan fingerprint density at radius 2 is 1.52 bits per heavy atom. The minimum Gasteiger partial charge on any atom is -0.460 e. The van der Waals surface area contributed by atoms with Crippen LogP contribution in [0.4, 0.5) is 0 Å². The number of ether oxygens (including phenoxy) is 1. The highest BCUT2D eigenvalue weighted by Crippen LogP contribution is 2.55. The van der Waals surface area contributed by atoms with Crippen molar-refractivity contribution < 1.29 is 27.9 Å². The zero-order valence-corrected chi connectivity index (χ0v) is 14.3. The van der Waals surface area contributed by atoms with E-state index in [-0.39, 0.29) is 19.8 Å². The van der Waals surface area contributed by atoms with E-state index in [0.717, 1.165) is 12.8 Å². The normalized spacial score (nSPS) is 13.0. The number of unbranched alkanes of at least 4 members (excludes halogenated alkanes) is 2. The van der Waals surface area contributed by atoms with Gasteiger partial charge in [-0.2, -0.15) is 0 Å². The summed E-state index contributed by atoms with van der Waals surface area (Å²) in [6.07, 6.45) is 2.80. The van der Waals surface area contributed by atoms with Gasteiger partial charge in [0.2, 0.25) is 0 Å². The van der Waals surface area contributed by atoms with Crippen molar-refractivity contribution in [3.63, 3.8) is 0 Å². The topological polar surface area (TPSA) is 78.9 Å². The molecule has 0 fully saturated rings. The van der Waals surface area contributed by atoms with Crippen LogP contribution in [0.2, 0.25) is 0 Å². The Labute approximate surface area is 127 Å². The number of hydrogen-bond donors (Lipinski definition) is 0. The molecule has 6 nitrogen and oxygen atoms in total. The van der Waals surface area contributed by atoms with Gasteiger partial charge in [-0.1, -0.05) is 26.2 Å². The van der Waals surface area contributed by atoms with Gasteiger partial charge in [-0.15, -0.1) is 0 Å². The molecule has 1 unspecified atom stereocenters. The summed E-state index contributed by atoms with van der Waals surface area (Å²) in [6.45, 7) is 7.37. The Balaban J connectivity index is 5.20. The summed E-state index contributed by atoms with van der Waals surface area (Å²) in [7, 11) is -3.65. The van der Waals surface area contributed by atoms with Crippen LogP contribution in [0, 0.1) is 0 Å². The fourth-order valence-electron chi connectivity index (χ4n) is 1.94. The maximum absolute atomic E-state index is 12.8. The third-order valence-corrected chi connectivity index (χ3v) is 5.35. The van der Waals surface area contributed by atoms with Crippen molar-refractivity contribution in [2.45, 2.75) is 59.0 Å². The number of carbonyl (C=O) groups is 2. The molecule has 0 aliphatic rings. The molecule has 0 heterocycles. The van der Waals surface area contributed by atoms with Crippen LogP contribution in [-0.4, -0.2) is 37.2 Å². The molecule has 0 saturated heterocycles. The SMILES string of the molecule is CCCCCC(C(=O)C(=O)OCC)P(=O)(OCC)OCC. The molecule has 7 heteroatoms. The number of esters is 1. The zero-order chi connectivity index (χ0) is 16.3. The quantitative estimate of drug-likeness (QED) is 0.237. The van der Waals surface area contributed by atoms with E-state index in [1.165, 1.54) is 0 Å². The molecule has 21 heavy (non-hydrogen) atoms. The maximum Gasteiger partial charge on any atom is 0.375 e. The van der Waals surface area contributed by atoms with Crippen LogP contribution in [0.25, 0.3) is 0 Å². The summed E-state index contributed by atoms with van der Waals surface area (Å²) >= 11 is 0. The van der Waals surface area contributed by atoms with Crippen LogP contribution in [-0.2, 0) is 27.9 Å². The lowest BCUT2D eigenvalue weighted by atomic mass is 10.1. The molecule has 124 valence electrons. The Kier molecular flexibility index (Phi) is 10.6. The van der Waals surface area contributed by atoms with Crippen LogP contribution in [0.15, 0.2) is 0 Å². The largest absolute Gasteiger partial charge is 0.460 e. The van der Waals surface area contributed by atoms with Gasteiger partial charge < -0.3 is 13.8 Å². The first kappa shape index (κ1) is 20.3. The summed E-state index contributed by atoms with van der Waals surface area (Å²) in [4.78, 5) is 23.9. The lowest BCUT2D eigenvalue weighted by Gasteiger charge is -2.24. The molecule has 0 aromatic carbocycles. The molecule has 0 amide bonds. The molecule has 0 aliphatic heterocycles. The summed E-state index contributed by atoms with van der Waals surface area (Å²) in [5.74, 6) is -1.79. The van der Waals surface area contributed by atoms with E-state index in [4.69, 9.17) is 13.8 Å². The standard InChI is InChI=1S/C14H27O6P/c1-5-9-10-11-12(13(15)14(16)18-6-2)21(17,19-7-3)20-8-4/h12H,5-11H2,1-4H3. The summed E-state index contributed by atoms with van der Waals surface area (Å²) < 4.78 is 27.9. The third kappa shape index (κ3) is 6.72. The van der Waals surface area contributed by atoms with Crippen molar-refractivity contribution >= 4 is 19.3 Å². The molecule has 0 radical (unpaired) electrons. The summed E-state index contributed by atoms with van der Waals surface area (Å²) in [5, 5.41) is 0. The number of Topliss-reactive ketones (excluding diaryl/α,β-unsaturated/α-hetero) is 1. The van der Waals surface area contributed by atoms with E-state index in [1.807, 2.05) is 6.92 Å². The van der Waals surface area contributed by atoms with E-state index in [1.54, 1.807) is 20.8 Å². The molecule has 0 N–H and O–H groups in total. The number of ketones is 1. The van der Waals surface area contributed by atoms with Crippen LogP contribution in [0.5, 0.6) is 0 Å². The smallest absolute Gasteiger partial charge is 0.375 e. The molecule has 0 aromatic heterocycles. The van der Waals surface area contributed by atoms with E-state index in [9.17, 15) is 14.2 Å². The van der Waals surface area contributed by atoms with E-state index in [2.05, 4.69) is 0 Å². The van der Waals surface area contributed by atoms with Gasteiger partial charge in [0, 0.05) is 0 Å².